The molecule has 0 aliphatic rings. The van der Waals surface area contributed by atoms with E-state index in [2.05, 4.69) is 11.9 Å². The topological polar surface area (TPSA) is 12.0 Å². The minimum atomic E-state index is -2.39. The Morgan fingerprint density at radius 1 is 1.43 bits per heavy atom. The maximum absolute atomic E-state index is 12.1. The monoisotopic (exact) mass is 215 g/mol. The second-order valence-electron chi connectivity index (χ2n) is 2.54. The van der Waals surface area contributed by atoms with Gasteiger partial charge in [0, 0.05) is 17.1 Å². The summed E-state index contributed by atoms with van der Waals surface area (Å²) in [6.07, 6.45) is 1.68. The molecule has 0 saturated heterocycles. The number of thioether (sulfide) groups is 1. The van der Waals surface area contributed by atoms with Gasteiger partial charge in [-0.25, -0.2) is 0 Å². The second-order valence-corrected chi connectivity index (χ2v) is 3.58. The molecule has 0 aromatic heterocycles. The first-order valence-corrected chi connectivity index (χ1v) is 5.00. The molecule has 1 aromatic rings. The van der Waals surface area contributed by atoms with Gasteiger partial charge in [-0.15, -0.1) is 6.58 Å². The molecule has 0 bridgehead atoms. The molecule has 0 radical (unpaired) electrons. The zero-order valence-corrected chi connectivity index (χ0v) is 8.36. The zero-order valence-electron chi connectivity index (χ0n) is 7.54. The molecule has 0 aliphatic carbocycles. The van der Waals surface area contributed by atoms with Crippen LogP contribution in [-0.4, -0.2) is 12.3 Å². The SMILES string of the molecule is C=CCNc1ccccc1SC(F)F. The van der Waals surface area contributed by atoms with Gasteiger partial charge in [0.15, 0.2) is 0 Å². The molecule has 0 spiro atoms. The van der Waals surface area contributed by atoms with Crippen molar-refractivity contribution in [2.24, 2.45) is 0 Å². The lowest BCUT2D eigenvalue weighted by Crippen LogP contribution is -1.99. The highest BCUT2D eigenvalue weighted by Gasteiger charge is 2.08. The lowest BCUT2D eigenvalue weighted by atomic mass is 10.3. The van der Waals surface area contributed by atoms with E-state index in [0.29, 0.717) is 23.2 Å². The van der Waals surface area contributed by atoms with Crippen molar-refractivity contribution in [2.45, 2.75) is 10.7 Å². The van der Waals surface area contributed by atoms with Crippen molar-refractivity contribution < 1.29 is 8.78 Å². The Kier molecular flexibility index (Phi) is 4.46. The number of benzene rings is 1. The first-order valence-electron chi connectivity index (χ1n) is 4.12. The molecule has 0 fully saturated rings. The van der Waals surface area contributed by atoms with Crippen LogP contribution in [-0.2, 0) is 0 Å². The van der Waals surface area contributed by atoms with E-state index in [9.17, 15) is 8.78 Å². The van der Waals surface area contributed by atoms with Crippen LogP contribution in [0.5, 0.6) is 0 Å². The van der Waals surface area contributed by atoms with Crippen molar-refractivity contribution in [2.75, 3.05) is 11.9 Å². The molecule has 4 heteroatoms. The van der Waals surface area contributed by atoms with E-state index in [1.807, 2.05) is 0 Å². The summed E-state index contributed by atoms with van der Waals surface area (Å²) in [5, 5.41) is 3.00. The number of nitrogens with one attached hydrogen (secondary N) is 1. The minimum Gasteiger partial charge on any atom is -0.381 e. The predicted octanol–water partition coefficient (Wildman–Crippen LogP) is 3.60. The van der Waals surface area contributed by atoms with Crippen LogP contribution in [0.3, 0.4) is 0 Å². The summed E-state index contributed by atoms with van der Waals surface area (Å²) in [4.78, 5) is 0.560. The summed E-state index contributed by atoms with van der Waals surface area (Å²) in [5.41, 5.74) is 0.720. The second kappa shape index (κ2) is 5.65. The average molecular weight is 215 g/mol. The van der Waals surface area contributed by atoms with Gasteiger partial charge < -0.3 is 5.32 Å². The Balaban J connectivity index is 2.74. The van der Waals surface area contributed by atoms with E-state index in [1.54, 1.807) is 30.3 Å². The highest BCUT2D eigenvalue weighted by Crippen LogP contribution is 2.31. The molecule has 0 heterocycles. The largest absolute Gasteiger partial charge is 0.381 e. The third kappa shape index (κ3) is 3.38. The minimum absolute atomic E-state index is 0.545. The first kappa shape index (κ1) is 11.0. The predicted molar refractivity (Wildman–Crippen MR) is 57.0 cm³/mol. The van der Waals surface area contributed by atoms with Crippen molar-refractivity contribution >= 4 is 17.4 Å². The molecule has 76 valence electrons. The lowest BCUT2D eigenvalue weighted by molar-refractivity contribution is 0.252. The van der Waals surface area contributed by atoms with Crippen molar-refractivity contribution in [3.8, 4) is 0 Å². The Hall–Kier alpha value is -1.03. The number of hydrogen-bond acceptors (Lipinski definition) is 2. The average Bonchev–Trinajstić information content (AvgIpc) is 2.16. The van der Waals surface area contributed by atoms with Crippen LogP contribution in [0, 0.1) is 0 Å². The van der Waals surface area contributed by atoms with Gasteiger partial charge >= 0.3 is 0 Å². The fraction of sp³-hybridized carbons (Fsp3) is 0.200. The molecule has 1 N–H and O–H groups in total. The van der Waals surface area contributed by atoms with Gasteiger partial charge in [0.2, 0.25) is 0 Å². The zero-order chi connectivity index (χ0) is 10.4. The van der Waals surface area contributed by atoms with E-state index in [4.69, 9.17) is 0 Å². The number of halogens is 2. The molecular weight excluding hydrogens is 204 g/mol. The van der Waals surface area contributed by atoms with E-state index >= 15 is 0 Å². The van der Waals surface area contributed by atoms with E-state index in [1.165, 1.54) is 0 Å². The third-order valence-corrected chi connectivity index (χ3v) is 2.33. The van der Waals surface area contributed by atoms with Crippen molar-refractivity contribution in [3.05, 3.63) is 36.9 Å². The van der Waals surface area contributed by atoms with Crippen molar-refractivity contribution in [1.82, 2.24) is 0 Å². The maximum Gasteiger partial charge on any atom is 0.288 e. The maximum atomic E-state index is 12.1. The Labute approximate surface area is 86.2 Å². The van der Waals surface area contributed by atoms with Crippen LogP contribution in [0.25, 0.3) is 0 Å². The van der Waals surface area contributed by atoms with E-state index in [0.717, 1.165) is 5.69 Å². The van der Waals surface area contributed by atoms with Crippen molar-refractivity contribution in [1.29, 1.82) is 0 Å². The van der Waals surface area contributed by atoms with E-state index < -0.39 is 5.76 Å². The van der Waals surface area contributed by atoms with Crippen LogP contribution in [0.1, 0.15) is 0 Å². The van der Waals surface area contributed by atoms with Gasteiger partial charge in [-0.1, -0.05) is 30.0 Å². The van der Waals surface area contributed by atoms with Crippen LogP contribution in [0.4, 0.5) is 14.5 Å². The van der Waals surface area contributed by atoms with E-state index in [-0.39, 0.29) is 0 Å². The quantitative estimate of drug-likeness (QED) is 0.595. The molecule has 1 nitrogen and oxygen atoms in total. The lowest BCUT2D eigenvalue weighted by Gasteiger charge is -2.09. The number of hydrogen-bond donors (Lipinski definition) is 1. The van der Waals surface area contributed by atoms with Gasteiger partial charge in [0.1, 0.15) is 0 Å². The summed E-state index contributed by atoms with van der Waals surface area (Å²) in [6.45, 7) is 4.12. The number of alkyl halides is 2. The molecule has 1 aromatic carbocycles. The fourth-order valence-electron chi connectivity index (χ4n) is 0.994. The van der Waals surface area contributed by atoms with Crippen LogP contribution >= 0.6 is 11.8 Å². The van der Waals surface area contributed by atoms with Gasteiger partial charge in [-0.2, -0.15) is 8.78 Å². The summed E-state index contributed by atoms with van der Waals surface area (Å²) in [5.74, 6) is -2.39. The molecule has 0 saturated carbocycles. The number of para-hydroxylation sites is 1. The van der Waals surface area contributed by atoms with Gasteiger partial charge in [0.25, 0.3) is 5.76 Å². The van der Waals surface area contributed by atoms with Crippen molar-refractivity contribution in [3.63, 3.8) is 0 Å². The Morgan fingerprint density at radius 3 is 2.79 bits per heavy atom. The molecule has 0 aliphatic heterocycles. The first-order chi connectivity index (χ1) is 6.74. The standard InChI is InChI=1S/C10H11F2NS/c1-2-7-13-8-5-3-4-6-9(8)14-10(11)12/h2-6,10,13H,1,7H2. The van der Waals surface area contributed by atoms with Crippen LogP contribution in [0.2, 0.25) is 0 Å². The van der Waals surface area contributed by atoms with Crippen LogP contribution < -0.4 is 5.32 Å². The molecule has 0 atom stereocenters. The molecule has 14 heavy (non-hydrogen) atoms. The summed E-state index contributed by atoms with van der Waals surface area (Å²) >= 11 is 0.545. The Bertz CT molecular complexity index is 302. The Morgan fingerprint density at radius 2 is 2.14 bits per heavy atom. The molecular formula is C10H11F2NS. The normalized spacial score (nSPS) is 10.2. The molecule has 1 rings (SSSR count). The van der Waals surface area contributed by atoms with Gasteiger partial charge in [0.05, 0.1) is 0 Å². The smallest absolute Gasteiger partial charge is 0.288 e. The van der Waals surface area contributed by atoms with Gasteiger partial charge in [-0.05, 0) is 12.1 Å². The molecule has 0 amide bonds. The highest BCUT2D eigenvalue weighted by atomic mass is 32.2. The highest BCUT2D eigenvalue weighted by molar-refractivity contribution is 7.99. The summed E-state index contributed by atoms with van der Waals surface area (Å²) < 4.78 is 24.3. The van der Waals surface area contributed by atoms with Gasteiger partial charge in [-0.3, -0.25) is 0 Å². The summed E-state index contributed by atoms with van der Waals surface area (Å²) in [7, 11) is 0. The fourth-order valence-corrected chi connectivity index (χ4v) is 1.61. The van der Waals surface area contributed by atoms with Crippen LogP contribution in [0.15, 0.2) is 41.8 Å². The summed E-state index contributed by atoms with van der Waals surface area (Å²) in [6, 6.07) is 6.99. The number of anilines is 1. The number of rotatable bonds is 5. The molecule has 0 unspecified atom stereocenters. The third-order valence-electron chi connectivity index (χ3n) is 1.54.